The van der Waals surface area contributed by atoms with Crippen molar-refractivity contribution in [2.24, 2.45) is 0 Å². The molecular weight excluding hydrogens is 360 g/mol. The number of hydrogen-bond acceptors (Lipinski definition) is 5. The predicted octanol–water partition coefficient (Wildman–Crippen LogP) is 3.60. The highest BCUT2D eigenvalue weighted by Gasteiger charge is 2.43. The first-order chi connectivity index (χ1) is 14.3. The van der Waals surface area contributed by atoms with Crippen LogP contribution < -0.4 is 4.90 Å². The average molecular weight is 386 g/mol. The first-order valence-corrected chi connectivity index (χ1v) is 10.5. The van der Waals surface area contributed by atoms with Gasteiger partial charge in [-0.15, -0.1) is 0 Å². The standard InChI is InChI=1S/C24H26N4O/c29-17-24(16-18-8-2-1-3-9-18)13-7-15-28(24)23-19-10-6-12-20(19)26-22(27-23)21-11-4-5-14-25-21/h1-5,8-9,11,14,29H,6-7,10,12-13,15-17H2. The fourth-order valence-electron chi connectivity index (χ4n) is 4.89. The van der Waals surface area contributed by atoms with E-state index in [1.165, 1.54) is 11.1 Å². The Morgan fingerprint density at radius 1 is 0.966 bits per heavy atom. The van der Waals surface area contributed by atoms with E-state index in [1.54, 1.807) is 6.20 Å². The molecule has 3 heterocycles. The molecule has 5 nitrogen and oxygen atoms in total. The summed E-state index contributed by atoms with van der Waals surface area (Å²) in [4.78, 5) is 16.7. The van der Waals surface area contributed by atoms with Crippen LogP contribution in [0.25, 0.3) is 11.5 Å². The van der Waals surface area contributed by atoms with Gasteiger partial charge >= 0.3 is 0 Å². The van der Waals surface area contributed by atoms with Crippen molar-refractivity contribution in [2.75, 3.05) is 18.1 Å². The van der Waals surface area contributed by atoms with Crippen LogP contribution >= 0.6 is 0 Å². The molecule has 0 amide bonds. The van der Waals surface area contributed by atoms with Gasteiger partial charge in [-0.2, -0.15) is 0 Å². The van der Waals surface area contributed by atoms with Crippen LogP contribution in [0.5, 0.6) is 0 Å². The molecule has 0 saturated carbocycles. The molecule has 0 radical (unpaired) electrons. The maximum absolute atomic E-state index is 10.5. The van der Waals surface area contributed by atoms with Gasteiger partial charge in [0.2, 0.25) is 0 Å². The monoisotopic (exact) mass is 386 g/mol. The Balaban J connectivity index is 1.59. The summed E-state index contributed by atoms with van der Waals surface area (Å²) in [6.45, 7) is 1.04. The summed E-state index contributed by atoms with van der Waals surface area (Å²) in [7, 11) is 0. The lowest BCUT2D eigenvalue weighted by Gasteiger charge is -2.39. The Morgan fingerprint density at radius 2 is 1.83 bits per heavy atom. The number of pyridine rings is 1. The fraction of sp³-hybridized carbons (Fsp3) is 0.375. The van der Waals surface area contributed by atoms with Gasteiger partial charge in [0.1, 0.15) is 11.5 Å². The van der Waals surface area contributed by atoms with Crippen molar-refractivity contribution in [1.29, 1.82) is 0 Å². The summed E-state index contributed by atoms with van der Waals surface area (Å²) in [5, 5.41) is 10.5. The van der Waals surface area contributed by atoms with Gasteiger partial charge in [-0.3, -0.25) is 4.98 Å². The quantitative estimate of drug-likeness (QED) is 0.726. The highest BCUT2D eigenvalue weighted by atomic mass is 16.3. The van der Waals surface area contributed by atoms with Crippen LogP contribution in [0, 0.1) is 0 Å². The van der Waals surface area contributed by atoms with E-state index in [4.69, 9.17) is 9.97 Å². The topological polar surface area (TPSA) is 62.1 Å². The zero-order valence-corrected chi connectivity index (χ0v) is 16.6. The third kappa shape index (κ3) is 3.29. The lowest BCUT2D eigenvalue weighted by Crippen LogP contribution is -2.50. The second kappa shape index (κ2) is 7.56. The molecule has 0 spiro atoms. The zero-order valence-electron chi connectivity index (χ0n) is 16.6. The molecular formula is C24H26N4O. The summed E-state index contributed by atoms with van der Waals surface area (Å²) in [5.41, 5.74) is 4.16. The number of rotatable bonds is 5. The van der Waals surface area contributed by atoms with E-state index in [0.29, 0.717) is 5.82 Å². The second-order valence-electron chi connectivity index (χ2n) is 8.16. The van der Waals surface area contributed by atoms with Crippen LogP contribution in [0.1, 0.15) is 36.1 Å². The maximum Gasteiger partial charge on any atom is 0.180 e. The second-order valence-corrected chi connectivity index (χ2v) is 8.16. The number of aliphatic hydroxyl groups excluding tert-OH is 1. The minimum atomic E-state index is -0.312. The molecule has 0 bridgehead atoms. The summed E-state index contributed by atoms with van der Waals surface area (Å²) in [6, 6.07) is 16.3. The summed E-state index contributed by atoms with van der Waals surface area (Å²) < 4.78 is 0. The Labute approximate surface area is 171 Å². The molecule has 5 rings (SSSR count). The lowest BCUT2D eigenvalue weighted by atomic mass is 9.88. The smallest absolute Gasteiger partial charge is 0.180 e. The maximum atomic E-state index is 10.5. The van der Waals surface area contributed by atoms with Crippen LogP contribution in [-0.2, 0) is 19.3 Å². The zero-order chi connectivity index (χ0) is 19.7. The molecule has 5 heteroatoms. The van der Waals surface area contributed by atoms with Gasteiger partial charge in [0.05, 0.1) is 12.1 Å². The molecule has 1 fully saturated rings. The Morgan fingerprint density at radius 3 is 2.62 bits per heavy atom. The average Bonchev–Trinajstić information content (AvgIpc) is 3.42. The van der Waals surface area contributed by atoms with Gasteiger partial charge in [-0.05, 0) is 56.2 Å². The minimum absolute atomic E-state index is 0.125. The number of fused-ring (bicyclic) bond motifs is 1. The number of hydrogen-bond donors (Lipinski definition) is 1. The van der Waals surface area contributed by atoms with Gasteiger partial charge in [-0.1, -0.05) is 36.4 Å². The molecule has 1 aromatic carbocycles. The summed E-state index contributed by atoms with van der Waals surface area (Å²) in [6.07, 6.45) is 7.75. The van der Waals surface area contributed by atoms with Gasteiger partial charge < -0.3 is 10.0 Å². The lowest BCUT2D eigenvalue weighted by molar-refractivity contribution is 0.195. The number of aliphatic hydroxyl groups is 1. The van der Waals surface area contributed by atoms with Crippen LogP contribution in [-0.4, -0.2) is 38.7 Å². The molecule has 1 N–H and O–H groups in total. The van der Waals surface area contributed by atoms with Crippen molar-refractivity contribution in [3.8, 4) is 11.5 Å². The predicted molar refractivity (Wildman–Crippen MR) is 114 cm³/mol. The molecule has 148 valence electrons. The Bertz CT molecular complexity index is 993. The number of aryl methyl sites for hydroxylation is 1. The van der Waals surface area contributed by atoms with E-state index in [2.05, 4.69) is 34.1 Å². The van der Waals surface area contributed by atoms with Crippen LogP contribution in [0.2, 0.25) is 0 Å². The molecule has 1 saturated heterocycles. The molecule has 1 aliphatic heterocycles. The van der Waals surface area contributed by atoms with Gasteiger partial charge in [0.25, 0.3) is 0 Å². The van der Waals surface area contributed by atoms with Crippen molar-refractivity contribution < 1.29 is 5.11 Å². The van der Waals surface area contributed by atoms with Gasteiger partial charge in [0.15, 0.2) is 5.82 Å². The van der Waals surface area contributed by atoms with Crippen LogP contribution in [0.4, 0.5) is 5.82 Å². The van der Waals surface area contributed by atoms with Crippen molar-refractivity contribution in [1.82, 2.24) is 15.0 Å². The van der Waals surface area contributed by atoms with E-state index >= 15 is 0 Å². The van der Waals surface area contributed by atoms with E-state index in [9.17, 15) is 5.11 Å². The number of nitrogens with zero attached hydrogens (tertiary/aromatic N) is 4. The highest BCUT2D eigenvalue weighted by Crippen LogP contribution is 2.40. The first kappa shape index (κ1) is 18.3. The van der Waals surface area contributed by atoms with E-state index in [0.717, 1.165) is 62.3 Å². The number of anilines is 1. The molecule has 3 aromatic rings. The fourth-order valence-corrected chi connectivity index (χ4v) is 4.89. The third-order valence-corrected chi connectivity index (χ3v) is 6.33. The SMILES string of the molecule is OCC1(Cc2ccccc2)CCCN1c1nc(-c2ccccn2)nc2c1CCC2. The van der Waals surface area contributed by atoms with Gasteiger partial charge in [0, 0.05) is 24.0 Å². The minimum Gasteiger partial charge on any atom is -0.394 e. The Hall–Kier alpha value is -2.79. The molecule has 1 aliphatic carbocycles. The van der Waals surface area contributed by atoms with Gasteiger partial charge in [-0.25, -0.2) is 9.97 Å². The van der Waals surface area contributed by atoms with E-state index in [1.807, 2.05) is 24.3 Å². The highest BCUT2D eigenvalue weighted by molar-refractivity contribution is 5.60. The molecule has 2 aromatic heterocycles. The van der Waals surface area contributed by atoms with Crippen molar-refractivity contribution in [2.45, 2.75) is 44.1 Å². The summed E-state index contributed by atoms with van der Waals surface area (Å²) >= 11 is 0. The number of aromatic nitrogens is 3. The van der Waals surface area contributed by atoms with Crippen LogP contribution in [0.15, 0.2) is 54.7 Å². The first-order valence-electron chi connectivity index (χ1n) is 10.5. The summed E-state index contributed by atoms with van der Waals surface area (Å²) in [5.74, 6) is 1.70. The Kier molecular flexibility index (Phi) is 4.76. The molecule has 1 unspecified atom stereocenters. The largest absolute Gasteiger partial charge is 0.394 e. The molecule has 1 atom stereocenters. The molecule has 2 aliphatic rings. The van der Waals surface area contributed by atoms with Crippen molar-refractivity contribution in [3.63, 3.8) is 0 Å². The van der Waals surface area contributed by atoms with E-state index in [-0.39, 0.29) is 12.1 Å². The van der Waals surface area contributed by atoms with E-state index < -0.39 is 0 Å². The molecule has 29 heavy (non-hydrogen) atoms. The van der Waals surface area contributed by atoms with Crippen molar-refractivity contribution >= 4 is 5.82 Å². The normalized spacial score (nSPS) is 20.8. The third-order valence-electron chi connectivity index (χ3n) is 6.33. The van der Waals surface area contributed by atoms with Crippen LogP contribution in [0.3, 0.4) is 0 Å². The van der Waals surface area contributed by atoms with Crippen molar-refractivity contribution in [3.05, 3.63) is 71.5 Å². The number of benzene rings is 1.